The topological polar surface area (TPSA) is 82.8 Å². The molecular weight excluding hydrogens is 314 g/mol. The molecule has 0 saturated carbocycles. The first-order chi connectivity index (χ1) is 12.0. The highest BCUT2D eigenvalue weighted by atomic mass is 16.3. The highest BCUT2D eigenvalue weighted by Gasteiger charge is 2.39. The fourth-order valence-electron chi connectivity index (χ4n) is 3.81. The molecule has 2 unspecified atom stereocenters. The van der Waals surface area contributed by atoms with Crippen molar-refractivity contribution >= 4 is 11.4 Å². The fourth-order valence-corrected chi connectivity index (χ4v) is 3.81. The summed E-state index contributed by atoms with van der Waals surface area (Å²) in [6, 6.07) is 8.31. The van der Waals surface area contributed by atoms with Gasteiger partial charge < -0.3 is 21.3 Å². The lowest BCUT2D eigenvalue weighted by atomic mass is 9.87. The van der Waals surface area contributed by atoms with E-state index in [9.17, 15) is 4.91 Å². The van der Waals surface area contributed by atoms with Crippen LogP contribution in [0.4, 0.5) is 5.69 Å². The molecule has 3 rings (SSSR count). The molecule has 2 heterocycles. The number of anilines is 1. The molecular formula is C19H29N5O. The third-order valence-corrected chi connectivity index (χ3v) is 5.09. The normalized spacial score (nSPS) is 22.2. The smallest absolute Gasteiger partial charge is 0.118 e. The Morgan fingerprint density at radius 1 is 1.28 bits per heavy atom. The first kappa shape index (κ1) is 17.7. The first-order valence-corrected chi connectivity index (χ1v) is 9.15. The number of benzene rings is 1. The average Bonchev–Trinajstić information content (AvgIpc) is 2.92. The number of nitrogens with one attached hydrogen (secondary N) is 2. The van der Waals surface area contributed by atoms with Gasteiger partial charge in [-0.2, -0.15) is 4.91 Å². The van der Waals surface area contributed by atoms with Crippen molar-refractivity contribution in [2.75, 3.05) is 18.4 Å². The lowest BCUT2D eigenvalue weighted by molar-refractivity contribution is 0.181. The molecule has 0 saturated heterocycles. The van der Waals surface area contributed by atoms with Crippen molar-refractivity contribution in [3.63, 3.8) is 0 Å². The van der Waals surface area contributed by atoms with Crippen LogP contribution in [0.15, 0.2) is 35.1 Å². The number of hydrogen-bond acceptors (Lipinski definition) is 6. The van der Waals surface area contributed by atoms with Crippen LogP contribution in [0.5, 0.6) is 0 Å². The van der Waals surface area contributed by atoms with Gasteiger partial charge in [0.15, 0.2) is 0 Å². The Morgan fingerprint density at radius 3 is 2.76 bits per heavy atom. The molecule has 0 amide bonds. The zero-order valence-corrected chi connectivity index (χ0v) is 15.4. The van der Waals surface area contributed by atoms with Crippen LogP contribution in [0, 0.1) is 10.3 Å². The Hall–Kier alpha value is -2.08. The molecule has 1 aromatic carbocycles. The SMILES string of the molecule is CCCC1NC2=C(c3ccccc3NC2N)N1CC(C)(C)CCN=O. The van der Waals surface area contributed by atoms with Gasteiger partial charge in [-0.1, -0.05) is 50.6 Å². The Morgan fingerprint density at radius 2 is 2.04 bits per heavy atom. The van der Waals surface area contributed by atoms with Gasteiger partial charge in [-0.25, -0.2) is 0 Å². The minimum absolute atomic E-state index is 0.00601. The molecule has 0 aromatic heterocycles. The van der Waals surface area contributed by atoms with E-state index >= 15 is 0 Å². The van der Waals surface area contributed by atoms with E-state index in [0.29, 0.717) is 6.54 Å². The zero-order valence-electron chi connectivity index (χ0n) is 15.4. The maximum absolute atomic E-state index is 10.6. The van der Waals surface area contributed by atoms with Crippen LogP contribution in [0.2, 0.25) is 0 Å². The second-order valence-corrected chi connectivity index (χ2v) is 7.77. The molecule has 0 spiro atoms. The summed E-state index contributed by atoms with van der Waals surface area (Å²) in [5.41, 5.74) is 10.9. The number of nitrogens with zero attached hydrogens (tertiary/aromatic N) is 2. The molecule has 0 aliphatic carbocycles. The maximum atomic E-state index is 10.6. The Kier molecular flexibility index (Phi) is 4.99. The molecule has 2 aliphatic heterocycles. The summed E-state index contributed by atoms with van der Waals surface area (Å²) < 4.78 is 0. The van der Waals surface area contributed by atoms with Crippen LogP contribution in [0.1, 0.15) is 45.6 Å². The highest BCUT2D eigenvalue weighted by molar-refractivity contribution is 5.82. The van der Waals surface area contributed by atoms with E-state index in [1.54, 1.807) is 0 Å². The Labute approximate surface area is 149 Å². The van der Waals surface area contributed by atoms with Crippen LogP contribution in [-0.2, 0) is 0 Å². The van der Waals surface area contributed by atoms with E-state index < -0.39 is 0 Å². The lowest BCUT2D eigenvalue weighted by Crippen LogP contribution is -2.43. The summed E-state index contributed by atoms with van der Waals surface area (Å²) in [6.45, 7) is 7.82. The third-order valence-electron chi connectivity index (χ3n) is 5.09. The number of para-hydroxylation sites is 1. The van der Waals surface area contributed by atoms with Crippen molar-refractivity contribution in [1.29, 1.82) is 0 Å². The van der Waals surface area contributed by atoms with Crippen LogP contribution >= 0.6 is 0 Å². The second kappa shape index (κ2) is 7.04. The highest BCUT2D eigenvalue weighted by Crippen LogP contribution is 2.41. The monoisotopic (exact) mass is 343 g/mol. The maximum Gasteiger partial charge on any atom is 0.118 e. The average molecular weight is 343 g/mol. The van der Waals surface area contributed by atoms with Crippen molar-refractivity contribution in [3.8, 4) is 0 Å². The molecule has 136 valence electrons. The second-order valence-electron chi connectivity index (χ2n) is 7.77. The van der Waals surface area contributed by atoms with E-state index in [0.717, 1.165) is 37.2 Å². The fraction of sp³-hybridized carbons (Fsp3) is 0.579. The van der Waals surface area contributed by atoms with E-state index in [-0.39, 0.29) is 17.7 Å². The summed E-state index contributed by atoms with van der Waals surface area (Å²) in [5, 5.41) is 10.1. The summed E-state index contributed by atoms with van der Waals surface area (Å²) in [6.07, 6.45) is 2.92. The number of hydrogen-bond donors (Lipinski definition) is 3. The van der Waals surface area contributed by atoms with Gasteiger partial charge in [-0.3, -0.25) is 0 Å². The van der Waals surface area contributed by atoms with Crippen molar-refractivity contribution in [2.45, 2.75) is 52.4 Å². The number of rotatable bonds is 7. The summed E-state index contributed by atoms with van der Waals surface area (Å²) in [4.78, 5) is 13.0. The minimum atomic E-state index is -0.228. The standard InChI is InChI=1S/C19H29N5O/c1-4-7-15-23-16-17(24(15)12-19(2,3)10-11-21-25)13-8-5-6-9-14(13)22-18(16)20/h5-6,8-9,15,18,22-23H,4,7,10-12,20H2,1-3H3. The number of fused-ring (bicyclic) bond motifs is 2. The Balaban J connectivity index is 1.96. The van der Waals surface area contributed by atoms with Crippen molar-refractivity contribution in [3.05, 3.63) is 40.4 Å². The number of nitroso groups, excluding NO2 is 1. The molecule has 0 fully saturated rings. The lowest BCUT2D eigenvalue weighted by Gasteiger charge is -2.37. The van der Waals surface area contributed by atoms with E-state index in [1.165, 1.54) is 11.3 Å². The van der Waals surface area contributed by atoms with Gasteiger partial charge in [-0.15, -0.1) is 0 Å². The van der Waals surface area contributed by atoms with Gasteiger partial charge in [0.05, 0.1) is 24.1 Å². The summed E-state index contributed by atoms with van der Waals surface area (Å²) in [7, 11) is 0. The molecule has 1 aromatic rings. The van der Waals surface area contributed by atoms with E-state index in [4.69, 9.17) is 5.73 Å². The van der Waals surface area contributed by atoms with Crippen LogP contribution in [0.25, 0.3) is 5.70 Å². The van der Waals surface area contributed by atoms with Gasteiger partial charge in [0, 0.05) is 17.8 Å². The van der Waals surface area contributed by atoms with Crippen LogP contribution < -0.4 is 16.4 Å². The third kappa shape index (κ3) is 3.49. The predicted molar refractivity (Wildman–Crippen MR) is 103 cm³/mol. The number of nitrogens with two attached hydrogens (primary N) is 1. The Bertz CT molecular complexity index is 670. The molecule has 6 heteroatoms. The van der Waals surface area contributed by atoms with Gasteiger partial charge in [0.1, 0.15) is 6.17 Å². The molecule has 4 N–H and O–H groups in total. The minimum Gasteiger partial charge on any atom is -0.364 e. The molecule has 2 aliphatic rings. The van der Waals surface area contributed by atoms with Gasteiger partial charge in [0.25, 0.3) is 0 Å². The van der Waals surface area contributed by atoms with Crippen molar-refractivity contribution < 1.29 is 0 Å². The molecule has 2 atom stereocenters. The van der Waals surface area contributed by atoms with E-state index in [1.807, 2.05) is 6.07 Å². The molecule has 0 radical (unpaired) electrons. The summed E-state index contributed by atoms with van der Waals surface area (Å²) >= 11 is 0. The van der Waals surface area contributed by atoms with Gasteiger partial charge in [0.2, 0.25) is 0 Å². The quantitative estimate of drug-likeness (QED) is 0.662. The van der Waals surface area contributed by atoms with Crippen LogP contribution in [0.3, 0.4) is 0 Å². The largest absolute Gasteiger partial charge is 0.364 e. The van der Waals surface area contributed by atoms with Crippen LogP contribution in [-0.4, -0.2) is 30.3 Å². The van der Waals surface area contributed by atoms with Crippen molar-refractivity contribution in [1.82, 2.24) is 10.2 Å². The predicted octanol–water partition coefficient (Wildman–Crippen LogP) is 3.28. The van der Waals surface area contributed by atoms with E-state index in [2.05, 4.69) is 59.7 Å². The molecule has 6 nitrogen and oxygen atoms in total. The van der Waals surface area contributed by atoms with Gasteiger partial charge >= 0.3 is 0 Å². The van der Waals surface area contributed by atoms with Crippen molar-refractivity contribution in [2.24, 2.45) is 16.3 Å². The zero-order chi connectivity index (χ0) is 18.0. The molecule has 25 heavy (non-hydrogen) atoms. The first-order valence-electron chi connectivity index (χ1n) is 9.15. The summed E-state index contributed by atoms with van der Waals surface area (Å²) in [5.74, 6) is 0. The molecule has 0 bridgehead atoms. The van der Waals surface area contributed by atoms with Gasteiger partial charge in [-0.05, 0) is 24.3 Å².